The number of methoxy groups -OCH3 is 1. The van der Waals surface area contributed by atoms with Crippen LogP contribution in [-0.2, 0) is 4.79 Å². The number of ether oxygens (including phenoxy) is 2. The Morgan fingerprint density at radius 1 is 1.13 bits per heavy atom. The van der Waals surface area contributed by atoms with Crippen LogP contribution in [0.2, 0.25) is 0 Å². The number of rotatable bonds is 6. The average Bonchev–Trinajstić information content (AvgIpc) is 3.43. The lowest BCUT2D eigenvalue weighted by atomic mass is 10.1. The zero-order chi connectivity index (χ0) is 22.1. The Balaban J connectivity index is 1.52. The number of aliphatic hydroxyl groups is 1. The molecule has 1 N–H and O–H groups in total. The summed E-state index contributed by atoms with van der Waals surface area (Å²) in [5.41, 5.74) is 0. The van der Waals surface area contributed by atoms with Gasteiger partial charge in [-0.15, -0.1) is 0 Å². The summed E-state index contributed by atoms with van der Waals surface area (Å²) >= 11 is 0. The molecule has 1 aromatic carbocycles. The Hall–Kier alpha value is -3.14. The van der Waals surface area contributed by atoms with E-state index < -0.39 is 18.2 Å². The summed E-state index contributed by atoms with van der Waals surface area (Å²) < 4.78 is 12.9. The highest BCUT2D eigenvalue weighted by Crippen LogP contribution is 2.24. The van der Waals surface area contributed by atoms with Crippen LogP contribution in [0, 0.1) is 0 Å². The number of urea groups is 1. The highest BCUT2D eigenvalue weighted by Gasteiger charge is 2.55. The maximum absolute atomic E-state index is 13.0. The number of carbonyl (C=O) groups excluding carboxylic acids is 2. The van der Waals surface area contributed by atoms with E-state index in [2.05, 4.69) is 9.57 Å². The van der Waals surface area contributed by atoms with Crippen molar-refractivity contribution in [1.82, 2.24) is 14.7 Å². The largest absolute Gasteiger partial charge is 0.497 e. The van der Waals surface area contributed by atoms with Gasteiger partial charge in [0, 0.05) is 14.1 Å². The summed E-state index contributed by atoms with van der Waals surface area (Å²) in [5.74, 6) is 2.01. The van der Waals surface area contributed by atoms with Crippen LogP contribution < -0.4 is 9.47 Å². The molecule has 0 saturated carbocycles. The number of aliphatic imine (C=N–C) groups is 1. The van der Waals surface area contributed by atoms with Gasteiger partial charge in [0.1, 0.15) is 24.2 Å². The lowest BCUT2D eigenvalue weighted by Crippen LogP contribution is -2.63. The number of fused-ring (bicyclic) bond motifs is 1. The Bertz CT molecular complexity index is 921. The lowest BCUT2D eigenvalue weighted by Gasteiger charge is -2.33. The molecule has 2 atom stereocenters. The Kier molecular flexibility index (Phi) is 5.81. The molecule has 3 amide bonds. The van der Waals surface area contributed by atoms with E-state index >= 15 is 0 Å². The van der Waals surface area contributed by atoms with Crippen molar-refractivity contribution in [2.24, 2.45) is 4.99 Å². The first kappa shape index (κ1) is 21.1. The Morgan fingerprint density at radius 2 is 1.77 bits per heavy atom. The molecule has 10 nitrogen and oxygen atoms in total. The topological polar surface area (TPSA) is 97.9 Å². The van der Waals surface area contributed by atoms with Gasteiger partial charge in [-0.1, -0.05) is 4.99 Å². The monoisotopic (exact) mass is 430 g/mol. The number of carbonyl (C=O) groups is 2. The van der Waals surface area contributed by atoms with Crippen molar-refractivity contribution in [3.05, 3.63) is 24.3 Å². The number of benzene rings is 1. The van der Waals surface area contributed by atoms with E-state index in [-0.39, 0.29) is 19.1 Å². The molecule has 3 aliphatic heterocycles. The average molecular weight is 430 g/mol. The molecule has 166 valence electrons. The zero-order valence-electron chi connectivity index (χ0n) is 18.0. The van der Waals surface area contributed by atoms with E-state index in [1.165, 1.54) is 11.9 Å². The Morgan fingerprint density at radius 3 is 2.42 bits per heavy atom. The minimum Gasteiger partial charge on any atom is -0.497 e. The molecule has 0 bridgehead atoms. The van der Waals surface area contributed by atoms with Crippen LogP contribution in [0.5, 0.6) is 11.5 Å². The molecule has 0 radical (unpaired) electrons. The fourth-order valence-corrected chi connectivity index (χ4v) is 4.09. The molecule has 0 aliphatic carbocycles. The van der Waals surface area contributed by atoms with Crippen molar-refractivity contribution in [3.63, 3.8) is 0 Å². The van der Waals surface area contributed by atoms with Crippen molar-refractivity contribution < 1.29 is 28.7 Å². The maximum Gasteiger partial charge on any atom is 0.392 e. The smallest absolute Gasteiger partial charge is 0.392 e. The first-order valence-corrected chi connectivity index (χ1v) is 10.4. The summed E-state index contributed by atoms with van der Waals surface area (Å²) in [4.78, 5) is 34.3. The highest BCUT2D eigenvalue weighted by molar-refractivity contribution is 6.25. The molecular weight excluding hydrogens is 402 g/mol. The number of guanidine groups is 1. The van der Waals surface area contributed by atoms with Gasteiger partial charge >= 0.3 is 12.0 Å². The predicted molar refractivity (Wildman–Crippen MR) is 113 cm³/mol. The normalized spacial score (nSPS) is 22.1. The summed E-state index contributed by atoms with van der Waals surface area (Å²) in [6.45, 7) is 1.86. The van der Waals surface area contributed by atoms with Gasteiger partial charge in [0.25, 0.3) is 5.91 Å². The fraction of sp³-hybridized carbons (Fsp3) is 0.524. The van der Waals surface area contributed by atoms with Gasteiger partial charge in [0.15, 0.2) is 0 Å². The number of hydrogen-bond acceptors (Lipinski definition) is 5. The number of aliphatic hydroxyl groups excluding tert-OH is 1. The number of hydrogen-bond donors (Lipinski definition) is 1. The molecule has 0 aromatic heterocycles. The summed E-state index contributed by atoms with van der Waals surface area (Å²) in [7, 11) is 4.67. The third-order valence-corrected chi connectivity index (χ3v) is 5.81. The molecule has 2 fully saturated rings. The van der Waals surface area contributed by atoms with Gasteiger partial charge in [0.05, 0.1) is 26.7 Å². The van der Waals surface area contributed by atoms with Crippen molar-refractivity contribution in [2.45, 2.75) is 25.0 Å². The number of β-amino-alcohol motifs (C(OH)–C–C–N with tert-alkyl or cyclic N) is 1. The zero-order valence-corrected chi connectivity index (χ0v) is 18.0. The number of imide groups is 1. The number of likely N-dealkylation sites (N-methyl/N-ethyl adjacent to an activating group) is 2. The Labute approximate surface area is 181 Å². The van der Waals surface area contributed by atoms with E-state index in [0.717, 1.165) is 36.6 Å². The van der Waals surface area contributed by atoms with Gasteiger partial charge in [-0.3, -0.25) is 19.2 Å². The molecule has 3 aliphatic rings. The van der Waals surface area contributed by atoms with Crippen molar-refractivity contribution >= 4 is 23.7 Å². The standard InChI is InChI=1S/C21H28N5O5/c1-23-18-17(19(28)24(2)21(23)29)26(20(22-18)25-10-4-5-11-25)12-14(27)13-31-16-8-6-15(30-3)7-9-16/h6-9,14,17,27H,4-5,10-13H2,1-3H3/q+1. The van der Waals surface area contributed by atoms with Gasteiger partial charge < -0.3 is 14.6 Å². The second-order valence-corrected chi connectivity index (χ2v) is 7.90. The minimum atomic E-state index is -0.865. The summed E-state index contributed by atoms with van der Waals surface area (Å²) in [5, 5.41) is 10.7. The molecule has 2 saturated heterocycles. The third-order valence-electron chi connectivity index (χ3n) is 5.81. The van der Waals surface area contributed by atoms with E-state index in [1.54, 1.807) is 43.3 Å². The summed E-state index contributed by atoms with van der Waals surface area (Å²) in [6, 6.07) is 5.95. The molecule has 10 heteroatoms. The molecule has 4 rings (SSSR count). The second-order valence-electron chi connectivity index (χ2n) is 7.90. The van der Waals surface area contributed by atoms with Gasteiger partial charge in [0.2, 0.25) is 11.9 Å². The molecule has 3 heterocycles. The minimum absolute atomic E-state index is 0.0525. The van der Waals surface area contributed by atoms with Gasteiger partial charge in [-0.25, -0.2) is 9.69 Å². The first-order valence-electron chi connectivity index (χ1n) is 10.4. The molecule has 0 spiro atoms. The number of amidine groups is 1. The fourth-order valence-electron chi connectivity index (χ4n) is 4.09. The van der Waals surface area contributed by atoms with Crippen LogP contribution in [0.4, 0.5) is 4.79 Å². The van der Waals surface area contributed by atoms with Crippen LogP contribution in [-0.4, -0.2) is 108 Å². The third kappa shape index (κ3) is 3.95. The van der Waals surface area contributed by atoms with Crippen molar-refractivity contribution in [3.8, 4) is 11.5 Å². The summed E-state index contributed by atoms with van der Waals surface area (Å²) in [6.07, 6.45) is 1.22. The highest BCUT2D eigenvalue weighted by atomic mass is 16.5. The number of nitrogens with zero attached hydrogens (tertiary/aromatic N) is 5. The first-order chi connectivity index (χ1) is 14.9. The van der Waals surface area contributed by atoms with E-state index in [9.17, 15) is 14.7 Å². The molecule has 1 aromatic rings. The van der Waals surface area contributed by atoms with Crippen LogP contribution >= 0.6 is 0 Å². The molecule has 2 unspecified atom stereocenters. The van der Waals surface area contributed by atoms with Gasteiger partial charge in [-0.2, -0.15) is 0 Å². The van der Waals surface area contributed by atoms with Gasteiger partial charge in [-0.05, 0) is 37.1 Å². The van der Waals surface area contributed by atoms with Crippen LogP contribution in [0.3, 0.4) is 0 Å². The second kappa shape index (κ2) is 8.54. The van der Waals surface area contributed by atoms with Crippen LogP contribution in [0.1, 0.15) is 12.8 Å². The molecular formula is C21H28N5O5+. The predicted octanol–water partition coefficient (Wildman–Crippen LogP) is 0.204. The van der Waals surface area contributed by atoms with Crippen LogP contribution in [0.15, 0.2) is 29.3 Å². The van der Waals surface area contributed by atoms with E-state index in [1.807, 2.05) is 0 Å². The quantitative estimate of drug-likeness (QED) is 0.648. The van der Waals surface area contributed by atoms with Crippen LogP contribution in [0.25, 0.3) is 0 Å². The number of amides is 3. The molecule has 31 heavy (non-hydrogen) atoms. The van der Waals surface area contributed by atoms with Crippen molar-refractivity contribution in [1.29, 1.82) is 0 Å². The lowest BCUT2D eigenvalue weighted by molar-refractivity contribution is -0.511. The SMILES string of the molecule is COc1ccc(OCC(O)CN2C(=[N+]3CCCC3)N=C3C2C(=O)N(C)C(=O)N3C)cc1. The maximum atomic E-state index is 13.0. The van der Waals surface area contributed by atoms with Crippen molar-refractivity contribution in [2.75, 3.05) is 47.4 Å². The van der Waals surface area contributed by atoms with E-state index in [4.69, 9.17) is 9.47 Å². The van der Waals surface area contributed by atoms with E-state index in [0.29, 0.717) is 17.5 Å².